The number of fused-ring (bicyclic) bond motifs is 14. The minimum Gasteiger partial charge on any atom is -0.309 e. The number of anilines is 6. The van der Waals surface area contributed by atoms with Gasteiger partial charge in [0.15, 0.2) is 0 Å². The van der Waals surface area contributed by atoms with Gasteiger partial charge in [-0.05, 0) is 115 Å². The van der Waals surface area contributed by atoms with Crippen molar-refractivity contribution in [1.82, 2.24) is 0 Å². The molecule has 0 bridgehead atoms. The molecule has 0 unspecified atom stereocenters. The Morgan fingerprint density at radius 1 is 0.317 bits per heavy atom. The van der Waals surface area contributed by atoms with Gasteiger partial charge in [0.2, 0.25) is 0 Å². The second-order valence-electron chi connectivity index (χ2n) is 21.0. The van der Waals surface area contributed by atoms with Crippen LogP contribution in [0, 0.1) is 0 Å². The first kappa shape index (κ1) is 35.1. The Bertz CT molecular complexity index is 3310. The van der Waals surface area contributed by atoms with E-state index < -0.39 is 0 Å². The van der Waals surface area contributed by atoms with Gasteiger partial charge in [0.1, 0.15) is 0 Å². The van der Waals surface area contributed by atoms with Crippen LogP contribution in [0.2, 0.25) is 0 Å². The van der Waals surface area contributed by atoms with Crippen molar-refractivity contribution >= 4 is 65.6 Å². The molecule has 0 spiro atoms. The molecule has 2 nitrogen and oxygen atoms in total. The quantitative estimate of drug-likeness (QED) is 0.151. The summed E-state index contributed by atoms with van der Waals surface area (Å²) in [6.45, 7) is 24.3. The summed E-state index contributed by atoms with van der Waals surface area (Å²) in [5, 5.41) is 2.75. The van der Waals surface area contributed by atoms with Gasteiger partial charge in [-0.1, -0.05) is 142 Å². The Hall–Kier alpha value is -5.64. The minimum absolute atomic E-state index is 0.0899. The van der Waals surface area contributed by atoms with Gasteiger partial charge in [-0.2, -0.15) is 0 Å². The van der Waals surface area contributed by atoms with Gasteiger partial charge >= 0.3 is 0 Å². The van der Waals surface area contributed by atoms with Gasteiger partial charge in [-0.15, -0.1) is 11.3 Å². The van der Waals surface area contributed by atoms with Crippen molar-refractivity contribution in [2.75, 3.05) is 9.80 Å². The predicted molar refractivity (Wildman–Crippen MR) is 255 cm³/mol. The average molecular weight is 795 g/mol. The molecule has 0 atom stereocenters. The van der Waals surface area contributed by atoms with Crippen LogP contribution in [0.25, 0.3) is 31.3 Å². The number of rotatable bonds is 0. The molecule has 13 rings (SSSR count). The van der Waals surface area contributed by atoms with E-state index in [1.165, 1.54) is 121 Å². The van der Waals surface area contributed by atoms with Crippen molar-refractivity contribution in [3.63, 3.8) is 0 Å². The van der Waals surface area contributed by atoms with E-state index in [-0.39, 0.29) is 27.1 Å². The molecule has 0 saturated carbocycles. The summed E-state index contributed by atoms with van der Waals surface area (Å²) >= 11 is 1.96. The first-order chi connectivity index (χ1) is 28.5. The summed E-state index contributed by atoms with van der Waals surface area (Å²) in [4.78, 5) is 5.22. The van der Waals surface area contributed by atoms with Gasteiger partial charge in [-0.25, -0.2) is 0 Å². The van der Waals surface area contributed by atoms with E-state index in [1.54, 1.807) is 0 Å². The lowest BCUT2D eigenvalue weighted by Crippen LogP contribution is -2.38. The molecule has 0 fully saturated rings. The van der Waals surface area contributed by atoms with Crippen LogP contribution in [-0.4, -0.2) is 0 Å². The van der Waals surface area contributed by atoms with E-state index in [0.29, 0.717) is 0 Å². The molecule has 0 N–H and O–H groups in total. The van der Waals surface area contributed by atoms with Crippen molar-refractivity contribution < 1.29 is 0 Å². The van der Waals surface area contributed by atoms with Crippen molar-refractivity contribution in [1.29, 1.82) is 0 Å². The standard InChI is InChI=1S/C57H50N2S/c1-53(2)35-17-11-13-23-45(35)58-47-29-42-31(25-43(47)55(5,6)39-21-15-19-37(53)51(39)58)32-28-49-33(26-41(32)57(42,9)10)34-27-44-48(30-50(34)60-49)59-46-24-14-12-18-36(46)54(3,4)38-20-16-22-40(52(38)59)56(44,7)8/h11-30H,1-10H3. The van der Waals surface area contributed by atoms with Crippen LogP contribution in [0.4, 0.5) is 34.1 Å². The summed E-state index contributed by atoms with van der Waals surface area (Å²) in [7, 11) is 0. The van der Waals surface area contributed by atoms with E-state index in [9.17, 15) is 0 Å². The Morgan fingerprint density at radius 2 is 0.683 bits per heavy atom. The fourth-order valence-electron chi connectivity index (χ4n) is 12.7. The summed E-state index contributed by atoms with van der Waals surface area (Å²) in [5.74, 6) is 0. The molecule has 0 amide bonds. The highest BCUT2D eigenvalue weighted by Gasteiger charge is 2.49. The van der Waals surface area contributed by atoms with E-state index in [4.69, 9.17) is 0 Å². The number of hydrogen-bond donors (Lipinski definition) is 0. The van der Waals surface area contributed by atoms with Crippen LogP contribution >= 0.6 is 11.3 Å². The zero-order valence-electron chi connectivity index (χ0n) is 36.3. The zero-order valence-corrected chi connectivity index (χ0v) is 37.2. The predicted octanol–water partition coefficient (Wildman–Crippen LogP) is 15.9. The third-order valence-electron chi connectivity index (χ3n) is 16.2. The van der Waals surface area contributed by atoms with E-state index in [1.807, 2.05) is 11.3 Å². The molecular formula is C57H50N2S. The Labute approximate surface area is 358 Å². The molecule has 4 aliphatic heterocycles. The zero-order chi connectivity index (χ0) is 41.2. The average Bonchev–Trinajstić information content (AvgIpc) is 3.68. The van der Waals surface area contributed by atoms with Crippen molar-refractivity contribution in [3.8, 4) is 11.1 Å². The summed E-state index contributed by atoms with van der Waals surface area (Å²) < 4.78 is 2.72. The smallest absolute Gasteiger partial charge is 0.0543 e. The van der Waals surface area contributed by atoms with Gasteiger partial charge in [0.05, 0.1) is 34.1 Å². The molecule has 8 aromatic rings. The fraction of sp³-hybridized carbons (Fsp3) is 0.263. The van der Waals surface area contributed by atoms with Crippen molar-refractivity contribution in [2.45, 2.75) is 96.3 Å². The molecule has 294 valence electrons. The third kappa shape index (κ3) is 3.89. The molecule has 5 aliphatic rings. The summed E-state index contributed by atoms with van der Waals surface area (Å²) in [6, 6.07) is 47.6. The minimum atomic E-state index is -0.173. The number of hydrogen-bond acceptors (Lipinski definition) is 3. The number of benzene rings is 7. The normalized spacial score (nSPS) is 19.1. The van der Waals surface area contributed by atoms with E-state index >= 15 is 0 Å². The second kappa shape index (κ2) is 10.6. The van der Waals surface area contributed by atoms with Gasteiger partial charge < -0.3 is 9.80 Å². The topological polar surface area (TPSA) is 6.48 Å². The molecular weight excluding hydrogens is 745 g/mol. The number of para-hydroxylation sites is 4. The summed E-state index contributed by atoms with van der Waals surface area (Å²) in [5.41, 5.74) is 24.2. The SMILES string of the molecule is CC1(C)c2cc3c(cc2-c2cc4sc5cc6c(cc5c4cc21)C(C)(C)c1cccc2c1N6c1ccccc1C2(C)C)C(C)(C)c1cccc2c1N3c1ccccc1C2(C)C. The van der Waals surface area contributed by atoms with E-state index in [0.717, 1.165) is 0 Å². The maximum absolute atomic E-state index is 2.62. The largest absolute Gasteiger partial charge is 0.309 e. The van der Waals surface area contributed by atoms with Crippen LogP contribution in [0.5, 0.6) is 0 Å². The first-order valence-electron chi connectivity index (χ1n) is 21.9. The summed E-state index contributed by atoms with van der Waals surface area (Å²) in [6.07, 6.45) is 0. The van der Waals surface area contributed by atoms with Gasteiger partial charge in [0.25, 0.3) is 0 Å². The number of thiophene rings is 1. The fourth-order valence-corrected chi connectivity index (χ4v) is 13.9. The molecule has 1 aromatic heterocycles. The maximum atomic E-state index is 2.62. The second-order valence-corrected chi connectivity index (χ2v) is 22.1. The molecule has 5 heterocycles. The van der Waals surface area contributed by atoms with Crippen molar-refractivity contribution in [3.05, 3.63) is 177 Å². The molecule has 3 heteroatoms. The van der Waals surface area contributed by atoms with Crippen LogP contribution in [0.15, 0.2) is 121 Å². The molecule has 0 saturated heterocycles. The van der Waals surface area contributed by atoms with Crippen LogP contribution in [-0.2, 0) is 27.1 Å². The van der Waals surface area contributed by atoms with Crippen LogP contribution < -0.4 is 9.80 Å². The van der Waals surface area contributed by atoms with Gasteiger partial charge in [0, 0.05) is 47.2 Å². The lowest BCUT2D eigenvalue weighted by molar-refractivity contribution is 0.596. The van der Waals surface area contributed by atoms with Crippen LogP contribution in [0.1, 0.15) is 125 Å². The Kier molecular flexibility index (Phi) is 6.22. The lowest BCUT2D eigenvalue weighted by Gasteiger charge is -2.49. The Balaban J connectivity index is 1.03. The highest BCUT2D eigenvalue weighted by atomic mass is 32.1. The highest BCUT2D eigenvalue weighted by molar-refractivity contribution is 7.25. The molecule has 1 aliphatic carbocycles. The monoisotopic (exact) mass is 794 g/mol. The molecule has 0 radical (unpaired) electrons. The third-order valence-corrected chi connectivity index (χ3v) is 17.3. The Morgan fingerprint density at radius 3 is 1.22 bits per heavy atom. The first-order valence-corrected chi connectivity index (χ1v) is 22.7. The maximum Gasteiger partial charge on any atom is 0.0543 e. The molecule has 7 aromatic carbocycles. The van der Waals surface area contributed by atoms with Crippen LogP contribution in [0.3, 0.4) is 0 Å². The number of nitrogens with zero attached hydrogens (tertiary/aromatic N) is 2. The molecule has 60 heavy (non-hydrogen) atoms. The van der Waals surface area contributed by atoms with E-state index in [2.05, 4.69) is 200 Å². The highest BCUT2D eigenvalue weighted by Crippen LogP contribution is 2.64. The van der Waals surface area contributed by atoms with Gasteiger partial charge in [-0.3, -0.25) is 0 Å². The lowest BCUT2D eigenvalue weighted by atomic mass is 9.66. The van der Waals surface area contributed by atoms with Crippen molar-refractivity contribution in [2.24, 2.45) is 0 Å².